The molecular weight excluding hydrogens is 522 g/mol. The second-order valence-corrected chi connectivity index (χ2v) is 9.77. The van der Waals surface area contributed by atoms with Gasteiger partial charge in [-0.25, -0.2) is 14.3 Å². The fourth-order valence-corrected chi connectivity index (χ4v) is 4.67. The van der Waals surface area contributed by atoms with Crippen LogP contribution in [0.5, 0.6) is 0 Å². The first-order valence-electron chi connectivity index (χ1n) is 13.4. The van der Waals surface area contributed by atoms with Crippen LogP contribution in [0.4, 0.5) is 5.82 Å². The highest BCUT2D eigenvalue weighted by molar-refractivity contribution is 5.94. The minimum atomic E-state index is -1.06. The Morgan fingerprint density at radius 2 is 1.66 bits per heavy atom. The number of carbonyl (C=O) groups excluding carboxylic acids is 1. The van der Waals surface area contributed by atoms with Gasteiger partial charge in [0.15, 0.2) is 5.82 Å². The van der Waals surface area contributed by atoms with Crippen LogP contribution in [0, 0.1) is 17.0 Å². The van der Waals surface area contributed by atoms with Crippen molar-refractivity contribution in [3.63, 3.8) is 0 Å². The Labute approximate surface area is 238 Å². The minimum Gasteiger partial charge on any atom is -0.478 e. The van der Waals surface area contributed by atoms with Crippen LogP contribution in [-0.4, -0.2) is 49.4 Å². The molecule has 0 aliphatic carbocycles. The van der Waals surface area contributed by atoms with Crippen LogP contribution in [0.3, 0.4) is 0 Å². The molecule has 1 aromatic heterocycles. The molecule has 0 atom stereocenters. The molecule has 0 fully saturated rings. The van der Waals surface area contributed by atoms with Crippen molar-refractivity contribution in [3.8, 4) is 0 Å². The van der Waals surface area contributed by atoms with E-state index in [1.807, 2.05) is 36.4 Å². The fourth-order valence-electron chi connectivity index (χ4n) is 4.67. The second-order valence-electron chi connectivity index (χ2n) is 9.77. The molecule has 212 valence electrons. The highest BCUT2D eigenvalue weighted by Crippen LogP contribution is 2.17. The predicted molar refractivity (Wildman–Crippen MR) is 155 cm³/mol. The number of benzene rings is 3. The monoisotopic (exact) mass is 555 g/mol. The van der Waals surface area contributed by atoms with E-state index < -0.39 is 10.9 Å². The van der Waals surface area contributed by atoms with Crippen molar-refractivity contribution in [2.45, 2.75) is 39.4 Å². The summed E-state index contributed by atoms with van der Waals surface area (Å²) in [4.78, 5) is 41.8. The number of hydrogen-bond acceptors (Lipinski definition) is 6. The number of amides is 1. The zero-order valence-corrected chi connectivity index (χ0v) is 22.9. The van der Waals surface area contributed by atoms with Gasteiger partial charge in [0, 0.05) is 25.6 Å². The van der Waals surface area contributed by atoms with Gasteiger partial charge in [-0.2, -0.15) is 0 Å². The number of aryl methyl sites for hydroxylation is 2. The van der Waals surface area contributed by atoms with Crippen LogP contribution in [0.2, 0.25) is 0 Å². The standard InChI is InChI=1S/C31H33N5O5/c1-23-33-21-29(36(40)41)35(23)17-16-34(22-26-11-6-14-28(19-26)31(38)39)30(37)27-13-5-10-25(18-27)20-32-15-7-12-24-8-3-2-4-9-24/h2-6,8-11,13-14,18-19,21,32H,7,12,15-17,20,22H2,1H3,(H,38,39). The van der Waals surface area contributed by atoms with E-state index in [4.69, 9.17) is 0 Å². The van der Waals surface area contributed by atoms with Gasteiger partial charge >= 0.3 is 11.8 Å². The molecular formula is C31H33N5O5. The Bertz CT molecular complexity index is 1500. The molecule has 4 rings (SSSR count). The number of aromatic carboxylic acids is 1. The lowest BCUT2D eigenvalue weighted by molar-refractivity contribution is -0.392. The van der Waals surface area contributed by atoms with Crippen LogP contribution < -0.4 is 5.32 Å². The lowest BCUT2D eigenvalue weighted by Crippen LogP contribution is -2.34. The van der Waals surface area contributed by atoms with Crippen molar-refractivity contribution in [1.82, 2.24) is 19.8 Å². The number of carbonyl (C=O) groups is 2. The van der Waals surface area contributed by atoms with Crippen LogP contribution in [0.15, 0.2) is 85.1 Å². The average Bonchev–Trinajstić information content (AvgIpc) is 3.36. The third kappa shape index (κ3) is 8.09. The first-order valence-corrected chi connectivity index (χ1v) is 13.4. The quantitative estimate of drug-likeness (QED) is 0.129. The first kappa shape index (κ1) is 29.2. The van der Waals surface area contributed by atoms with Gasteiger partial charge in [-0.1, -0.05) is 54.6 Å². The van der Waals surface area contributed by atoms with Crippen molar-refractivity contribution in [1.29, 1.82) is 0 Å². The Balaban J connectivity index is 1.46. The third-order valence-electron chi connectivity index (χ3n) is 6.81. The summed E-state index contributed by atoms with van der Waals surface area (Å²) < 4.78 is 1.46. The van der Waals surface area contributed by atoms with E-state index in [0.717, 1.165) is 24.9 Å². The average molecular weight is 556 g/mol. The Morgan fingerprint density at radius 3 is 2.39 bits per heavy atom. The molecule has 41 heavy (non-hydrogen) atoms. The summed E-state index contributed by atoms with van der Waals surface area (Å²) in [7, 11) is 0. The molecule has 0 unspecified atom stereocenters. The summed E-state index contributed by atoms with van der Waals surface area (Å²) in [5, 5.41) is 24.3. The van der Waals surface area contributed by atoms with Gasteiger partial charge in [-0.3, -0.25) is 4.79 Å². The zero-order valence-electron chi connectivity index (χ0n) is 22.9. The number of carboxylic acid groups (broad SMARTS) is 1. The zero-order chi connectivity index (χ0) is 29.2. The van der Waals surface area contributed by atoms with Gasteiger partial charge in [-0.15, -0.1) is 0 Å². The molecule has 0 radical (unpaired) electrons. The van der Waals surface area contributed by atoms with Gasteiger partial charge in [0.25, 0.3) is 5.91 Å². The van der Waals surface area contributed by atoms with Crippen molar-refractivity contribution in [3.05, 3.63) is 129 Å². The Morgan fingerprint density at radius 1 is 0.976 bits per heavy atom. The van der Waals surface area contributed by atoms with Gasteiger partial charge in [0.05, 0.1) is 12.1 Å². The molecule has 3 aromatic carbocycles. The topological polar surface area (TPSA) is 131 Å². The summed E-state index contributed by atoms with van der Waals surface area (Å²) in [5.41, 5.74) is 3.51. The lowest BCUT2D eigenvalue weighted by Gasteiger charge is -2.23. The van der Waals surface area contributed by atoms with Crippen molar-refractivity contribution >= 4 is 17.7 Å². The molecule has 1 heterocycles. The largest absolute Gasteiger partial charge is 0.478 e. The molecule has 0 aliphatic heterocycles. The summed E-state index contributed by atoms with van der Waals surface area (Å²) in [5.74, 6) is -0.990. The molecule has 2 N–H and O–H groups in total. The summed E-state index contributed by atoms with van der Waals surface area (Å²) in [6.07, 6.45) is 3.18. The molecule has 0 spiro atoms. The number of nitrogens with zero attached hydrogens (tertiary/aromatic N) is 4. The molecule has 1 amide bonds. The van der Waals surface area contributed by atoms with Crippen LogP contribution in [0.1, 0.15) is 49.7 Å². The van der Waals surface area contributed by atoms with Crippen molar-refractivity contribution < 1.29 is 19.6 Å². The van der Waals surface area contributed by atoms with E-state index in [-0.39, 0.29) is 36.9 Å². The lowest BCUT2D eigenvalue weighted by atomic mass is 10.1. The molecule has 0 bridgehead atoms. The van der Waals surface area contributed by atoms with Crippen molar-refractivity contribution in [2.24, 2.45) is 0 Å². The number of aromatic nitrogens is 2. The van der Waals surface area contributed by atoms with E-state index in [0.29, 0.717) is 23.5 Å². The van der Waals surface area contributed by atoms with E-state index >= 15 is 0 Å². The maximum Gasteiger partial charge on any atom is 0.342 e. The maximum absolute atomic E-state index is 13.7. The van der Waals surface area contributed by atoms with Gasteiger partial charge in [-0.05, 0) is 65.3 Å². The fraction of sp³-hybridized carbons (Fsp3) is 0.258. The SMILES string of the molecule is Cc1ncc([N+](=O)[O-])n1CCN(Cc1cccc(C(=O)O)c1)C(=O)c1cccc(CNCCCc2ccccc2)c1. The number of nitrogens with one attached hydrogen (secondary N) is 1. The van der Waals surface area contributed by atoms with Crippen LogP contribution >= 0.6 is 0 Å². The third-order valence-corrected chi connectivity index (χ3v) is 6.81. The molecule has 0 aliphatic rings. The number of hydrogen-bond donors (Lipinski definition) is 2. The summed E-state index contributed by atoms with van der Waals surface area (Å²) in [6.45, 7) is 3.58. The molecule has 0 saturated carbocycles. The normalized spacial score (nSPS) is 10.9. The number of rotatable bonds is 14. The van der Waals surface area contributed by atoms with E-state index in [1.165, 1.54) is 28.5 Å². The molecule has 4 aromatic rings. The Kier molecular flexibility index (Phi) is 9.95. The van der Waals surface area contributed by atoms with Gasteiger partial charge < -0.3 is 25.4 Å². The number of carboxylic acids is 1. The molecule has 10 nitrogen and oxygen atoms in total. The van der Waals surface area contributed by atoms with Gasteiger partial charge in [0.1, 0.15) is 12.7 Å². The maximum atomic E-state index is 13.7. The highest BCUT2D eigenvalue weighted by Gasteiger charge is 2.22. The van der Waals surface area contributed by atoms with E-state index in [2.05, 4.69) is 22.4 Å². The van der Waals surface area contributed by atoms with Gasteiger partial charge in [0.2, 0.25) is 0 Å². The number of nitro groups is 1. The van der Waals surface area contributed by atoms with E-state index in [1.54, 1.807) is 30.0 Å². The Hall–Kier alpha value is -4.83. The summed E-state index contributed by atoms with van der Waals surface area (Å²) in [6, 6.07) is 24.1. The van der Waals surface area contributed by atoms with Crippen LogP contribution in [-0.2, 0) is 26.1 Å². The molecule has 0 saturated heterocycles. The number of imidazole rings is 1. The smallest absolute Gasteiger partial charge is 0.342 e. The second kappa shape index (κ2) is 14.0. The van der Waals surface area contributed by atoms with E-state index in [9.17, 15) is 24.8 Å². The first-order chi connectivity index (χ1) is 19.8. The molecule has 10 heteroatoms. The van der Waals surface area contributed by atoms with Crippen molar-refractivity contribution in [2.75, 3.05) is 13.1 Å². The minimum absolute atomic E-state index is 0.122. The predicted octanol–water partition coefficient (Wildman–Crippen LogP) is 4.86. The summed E-state index contributed by atoms with van der Waals surface area (Å²) >= 11 is 0. The highest BCUT2D eigenvalue weighted by atomic mass is 16.6. The van der Waals surface area contributed by atoms with Crippen LogP contribution in [0.25, 0.3) is 0 Å².